The molecule has 5 aliphatic rings. The molecule has 0 amide bonds. The largest absolute Gasteiger partial charge is 0.460 e. The van der Waals surface area contributed by atoms with Gasteiger partial charge in [-0.2, -0.15) is 0 Å². The van der Waals surface area contributed by atoms with Crippen LogP contribution in [0.25, 0.3) is 0 Å². The van der Waals surface area contributed by atoms with E-state index < -0.39 is 10.8 Å². The molecule has 0 heterocycles. The van der Waals surface area contributed by atoms with Crippen LogP contribution in [0, 0.1) is 45.8 Å². The van der Waals surface area contributed by atoms with Crippen molar-refractivity contribution in [1.29, 1.82) is 0 Å². The first-order chi connectivity index (χ1) is 18.3. The molecule has 206 valence electrons. The Balaban J connectivity index is 1.48. The fourth-order valence-electron chi connectivity index (χ4n) is 10.6. The van der Waals surface area contributed by atoms with Gasteiger partial charge in [0.2, 0.25) is 0 Å². The van der Waals surface area contributed by atoms with Crippen molar-refractivity contribution in [1.82, 2.24) is 4.90 Å². The minimum absolute atomic E-state index is 0.122. The Kier molecular flexibility index (Phi) is 6.65. The monoisotopic (exact) mass is 517 g/mol. The molecule has 4 bridgehead atoms. The third kappa shape index (κ3) is 3.44. The number of benzene rings is 1. The second kappa shape index (κ2) is 9.61. The van der Waals surface area contributed by atoms with E-state index in [1.54, 1.807) is 0 Å². The molecular weight excluding hydrogens is 470 g/mol. The number of carbonyl (C=O) groups excluding carboxylic acids is 2. The van der Waals surface area contributed by atoms with E-state index in [9.17, 15) is 9.59 Å². The van der Waals surface area contributed by atoms with Crippen LogP contribution in [0.3, 0.4) is 0 Å². The first-order valence-corrected chi connectivity index (χ1v) is 15.4. The van der Waals surface area contributed by atoms with Crippen molar-refractivity contribution in [2.24, 2.45) is 45.8 Å². The molecule has 7 atom stereocenters. The van der Waals surface area contributed by atoms with Crippen LogP contribution in [0.4, 0.5) is 0 Å². The van der Waals surface area contributed by atoms with Gasteiger partial charge in [-0.3, -0.25) is 4.79 Å². The van der Waals surface area contributed by atoms with E-state index in [0.29, 0.717) is 17.9 Å². The van der Waals surface area contributed by atoms with Crippen molar-refractivity contribution < 1.29 is 14.3 Å². The molecular formula is C34H47NO3. The van der Waals surface area contributed by atoms with E-state index in [-0.39, 0.29) is 35.7 Å². The fraction of sp³-hybridized carbons (Fsp3) is 0.706. The Labute approximate surface area is 229 Å². The van der Waals surface area contributed by atoms with Gasteiger partial charge >= 0.3 is 5.97 Å². The normalized spacial score (nSPS) is 39.9. The SMILES string of the molecule is CC(C)C1=C[C@H]2C[C@]3(C=O)[C@@H]4CC[C@@H](C)[C@H]4C[C@@]2(CN(C)C2CCCCC2)[C@]13C(=O)OCc1ccccc1. The molecule has 38 heavy (non-hydrogen) atoms. The highest BCUT2D eigenvalue weighted by Gasteiger charge is 2.84. The molecule has 0 radical (unpaired) electrons. The molecule has 0 aliphatic heterocycles. The lowest BCUT2D eigenvalue weighted by atomic mass is 9.42. The fourth-order valence-corrected chi connectivity index (χ4v) is 10.6. The molecule has 4 heteroatoms. The van der Waals surface area contributed by atoms with Gasteiger partial charge in [0, 0.05) is 18.0 Å². The van der Waals surface area contributed by atoms with Gasteiger partial charge in [-0.05, 0) is 74.3 Å². The Hall–Kier alpha value is -1.94. The summed E-state index contributed by atoms with van der Waals surface area (Å²) in [6.07, 6.45) is 14.2. The number of carbonyl (C=O) groups is 2. The van der Waals surface area contributed by atoms with Gasteiger partial charge in [0.15, 0.2) is 0 Å². The summed E-state index contributed by atoms with van der Waals surface area (Å²) in [5.74, 6) is 1.75. The average Bonchev–Trinajstić information content (AvgIpc) is 3.49. The van der Waals surface area contributed by atoms with Crippen LogP contribution < -0.4 is 0 Å². The first-order valence-electron chi connectivity index (χ1n) is 15.4. The average molecular weight is 518 g/mol. The number of nitrogens with zero attached hydrogens (tertiary/aromatic N) is 1. The summed E-state index contributed by atoms with van der Waals surface area (Å²) in [5.41, 5.74) is 0.428. The molecule has 5 aliphatic carbocycles. The van der Waals surface area contributed by atoms with Gasteiger partial charge in [-0.25, -0.2) is 0 Å². The number of aldehydes is 1. The van der Waals surface area contributed by atoms with E-state index in [1.807, 2.05) is 30.3 Å². The molecule has 0 saturated heterocycles. The second-order valence-electron chi connectivity index (χ2n) is 13.9. The molecule has 0 aromatic heterocycles. The first kappa shape index (κ1) is 26.3. The van der Waals surface area contributed by atoms with E-state index in [4.69, 9.17) is 4.74 Å². The van der Waals surface area contributed by atoms with Gasteiger partial charge in [-0.1, -0.05) is 88.4 Å². The summed E-state index contributed by atoms with van der Waals surface area (Å²) in [4.78, 5) is 31.1. The van der Waals surface area contributed by atoms with Crippen LogP contribution in [0.15, 0.2) is 42.0 Å². The zero-order valence-corrected chi connectivity index (χ0v) is 24.0. The minimum atomic E-state index is -0.858. The summed E-state index contributed by atoms with van der Waals surface area (Å²) in [5, 5.41) is 0. The molecule has 4 nitrogen and oxygen atoms in total. The predicted octanol–water partition coefficient (Wildman–Crippen LogP) is 6.83. The lowest BCUT2D eigenvalue weighted by molar-refractivity contribution is -0.189. The molecule has 0 N–H and O–H groups in total. The molecule has 1 aromatic carbocycles. The van der Waals surface area contributed by atoms with Crippen LogP contribution in [0.2, 0.25) is 0 Å². The number of fused-ring (bicyclic) bond motifs is 2. The molecule has 4 fully saturated rings. The highest BCUT2D eigenvalue weighted by molar-refractivity contribution is 5.91. The number of esters is 1. The smallest absolute Gasteiger partial charge is 0.318 e. The number of rotatable bonds is 8. The maximum atomic E-state index is 14.9. The second-order valence-corrected chi connectivity index (χ2v) is 13.9. The van der Waals surface area contributed by atoms with Gasteiger partial charge < -0.3 is 14.4 Å². The zero-order chi connectivity index (χ0) is 26.7. The third-order valence-corrected chi connectivity index (χ3v) is 12.0. The zero-order valence-electron chi connectivity index (χ0n) is 24.0. The van der Waals surface area contributed by atoms with Crippen LogP contribution in [-0.2, 0) is 20.9 Å². The summed E-state index contributed by atoms with van der Waals surface area (Å²) in [7, 11) is 2.30. The quantitative estimate of drug-likeness (QED) is 0.215. The highest BCUT2D eigenvalue weighted by atomic mass is 16.5. The van der Waals surface area contributed by atoms with Crippen LogP contribution in [0.1, 0.15) is 84.1 Å². The van der Waals surface area contributed by atoms with Crippen molar-refractivity contribution in [3.05, 3.63) is 47.5 Å². The van der Waals surface area contributed by atoms with Gasteiger partial charge in [0.1, 0.15) is 18.3 Å². The van der Waals surface area contributed by atoms with Gasteiger partial charge in [0.25, 0.3) is 0 Å². The lowest BCUT2D eigenvalue weighted by Crippen LogP contribution is -2.65. The minimum Gasteiger partial charge on any atom is -0.460 e. The summed E-state index contributed by atoms with van der Waals surface area (Å²) in [6.45, 7) is 8.00. The number of ether oxygens (including phenoxy) is 1. The Morgan fingerprint density at radius 3 is 2.50 bits per heavy atom. The van der Waals surface area contributed by atoms with E-state index >= 15 is 0 Å². The van der Waals surface area contributed by atoms with Gasteiger partial charge in [0.05, 0.1) is 5.41 Å². The van der Waals surface area contributed by atoms with Gasteiger partial charge in [-0.15, -0.1) is 0 Å². The maximum absolute atomic E-state index is 14.9. The highest BCUT2D eigenvalue weighted by Crippen LogP contribution is 2.83. The van der Waals surface area contributed by atoms with Crippen molar-refractivity contribution in [2.45, 2.75) is 91.2 Å². The maximum Gasteiger partial charge on any atom is 0.318 e. The summed E-state index contributed by atoms with van der Waals surface area (Å²) in [6, 6.07) is 10.6. The molecule has 0 unspecified atom stereocenters. The van der Waals surface area contributed by atoms with Crippen molar-refractivity contribution in [3.63, 3.8) is 0 Å². The topological polar surface area (TPSA) is 46.6 Å². The predicted molar refractivity (Wildman–Crippen MR) is 150 cm³/mol. The Morgan fingerprint density at radius 2 is 1.82 bits per heavy atom. The van der Waals surface area contributed by atoms with Crippen molar-refractivity contribution >= 4 is 12.3 Å². The molecule has 0 spiro atoms. The van der Waals surface area contributed by atoms with Crippen LogP contribution in [0.5, 0.6) is 0 Å². The van der Waals surface area contributed by atoms with Crippen LogP contribution in [-0.4, -0.2) is 36.8 Å². The summed E-state index contributed by atoms with van der Waals surface area (Å²) >= 11 is 0. The number of allylic oxidation sites excluding steroid dienone is 1. The molecule has 1 aromatic rings. The number of hydrogen-bond acceptors (Lipinski definition) is 4. The van der Waals surface area contributed by atoms with E-state index in [0.717, 1.165) is 31.4 Å². The molecule has 4 saturated carbocycles. The Morgan fingerprint density at radius 1 is 1.08 bits per heavy atom. The van der Waals surface area contributed by atoms with Crippen LogP contribution >= 0.6 is 0 Å². The van der Waals surface area contributed by atoms with E-state index in [2.05, 4.69) is 38.8 Å². The molecule has 6 rings (SSSR count). The Bertz CT molecular complexity index is 1090. The third-order valence-electron chi connectivity index (χ3n) is 12.0. The lowest BCUT2D eigenvalue weighted by Gasteiger charge is -2.60. The van der Waals surface area contributed by atoms with Crippen molar-refractivity contribution in [2.75, 3.05) is 13.6 Å². The standard InChI is InChI=1S/C34H47NO3/c1-23(2)30-17-26-18-33(22-36)29-16-15-24(3)28(29)19-32(26,21-35(4)27-13-9-6-10-14-27)34(30,33)31(37)38-20-25-11-7-5-8-12-25/h5,7-8,11-12,17,22-24,26-29H,6,9-10,13-16,18-21H2,1-4H3/t24-,26+,28-,29-,32+,33+,34-/m1/s1. The summed E-state index contributed by atoms with van der Waals surface area (Å²) < 4.78 is 6.35. The number of hydrogen-bond donors (Lipinski definition) is 0. The van der Waals surface area contributed by atoms with E-state index in [1.165, 1.54) is 50.4 Å². The van der Waals surface area contributed by atoms with Crippen molar-refractivity contribution in [3.8, 4) is 0 Å².